The number of allylic oxidation sites excluding steroid dienone is 1. The summed E-state index contributed by atoms with van der Waals surface area (Å²) in [5, 5.41) is 13.1. The molecule has 0 spiro atoms. The normalized spacial score (nSPS) is 20.2. The first kappa shape index (κ1) is 22.9. The molecule has 0 radical (unpaired) electrons. The molecular weight excluding hydrogens is 386 g/mol. The molecule has 2 rings (SSSR count). The topological polar surface area (TPSA) is 102 Å². The molecule has 0 bridgehead atoms. The summed E-state index contributed by atoms with van der Waals surface area (Å²) in [6.07, 6.45) is 4.95. The molecule has 1 aliphatic heterocycles. The molecule has 2 unspecified atom stereocenters. The highest BCUT2D eigenvalue weighted by atomic mass is 16.5. The third kappa shape index (κ3) is 5.83. The first-order chi connectivity index (χ1) is 14.4. The molecular formula is C23H27NO6. The van der Waals surface area contributed by atoms with E-state index in [0.717, 1.165) is 5.56 Å². The number of carbonyl (C=O) groups excluding carboxylic acids is 3. The minimum absolute atomic E-state index is 0.101. The van der Waals surface area contributed by atoms with Crippen LogP contribution in [0, 0.1) is 5.92 Å². The van der Waals surface area contributed by atoms with Crippen LogP contribution in [0.4, 0.5) is 0 Å². The van der Waals surface area contributed by atoms with Crippen molar-refractivity contribution in [2.75, 3.05) is 13.2 Å². The van der Waals surface area contributed by atoms with Crippen LogP contribution in [0.1, 0.15) is 26.3 Å². The van der Waals surface area contributed by atoms with Crippen LogP contribution in [0.15, 0.2) is 65.6 Å². The van der Waals surface area contributed by atoms with Gasteiger partial charge in [0.1, 0.15) is 0 Å². The number of Topliss-reactive ketones (excluding diaryl/α,β-unsaturated/α-hetero) is 1. The molecule has 0 aliphatic carbocycles. The van der Waals surface area contributed by atoms with Gasteiger partial charge in [-0.2, -0.15) is 0 Å². The second-order valence-electron chi connectivity index (χ2n) is 6.73. The molecule has 7 heteroatoms. The third-order valence-electron chi connectivity index (χ3n) is 4.71. The smallest absolute Gasteiger partial charge is 0.379 e. The molecule has 2 atom stereocenters. The largest absolute Gasteiger partial charge is 0.502 e. The lowest BCUT2D eigenvalue weighted by Gasteiger charge is -2.29. The van der Waals surface area contributed by atoms with E-state index in [4.69, 9.17) is 9.47 Å². The zero-order chi connectivity index (χ0) is 22.1. The lowest BCUT2D eigenvalue weighted by molar-refractivity contribution is -0.151. The summed E-state index contributed by atoms with van der Waals surface area (Å²) < 4.78 is 9.72. The van der Waals surface area contributed by atoms with E-state index >= 15 is 0 Å². The first-order valence-corrected chi connectivity index (χ1v) is 9.87. The van der Waals surface area contributed by atoms with Crippen molar-refractivity contribution in [2.24, 2.45) is 5.92 Å². The van der Waals surface area contributed by atoms with E-state index in [2.05, 4.69) is 5.32 Å². The molecule has 0 amide bonds. The predicted molar refractivity (Wildman–Crippen MR) is 111 cm³/mol. The Hall–Kier alpha value is -3.35. The third-order valence-corrected chi connectivity index (χ3v) is 4.71. The maximum Gasteiger partial charge on any atom is 0.379 e. The van der Waals surface area contributed by atoms with E-state index in [0.29, 0.717) is 11.1 Å². The number of benzene rings is 1. The zero-order valence-electron chi connectivity index (χ0n) is 17.4. The first-order valence-electron chi connectivity index (χ1n) is 9.87. The number of hydrogen-bond acceptors (Lipinski definition) is 7. The molecule has 0 saturated heterocycles. The molecule has 0 aromatic heterocycles. The second-order valence-corrected chi connectivity index (χ2v) is 6.73. The number of hydrogen-bond donors (Lipinski definition) is 2. The summed E-state index contributed by atoms with van der Waals surface area (Å²) >= 11 is 0. The van der Waals surface area contributed by atoms with Gasteiger partial charge in [0.15, 0.2) is 5.76 Å². The van der Waals surface area contributed by atoms with Crippen molar-refractivity contribution < 1.29 is 29.0 Å². The van der Waals surface area contributed by atoms with Gasteiger partial charge in [0.05, 0.1) is 19.3 Å². The number of rotatable bonds is 8. The van der Waals surface area contributed by atoms with Gasteiger partial charge in [-0.05, 0) is 43.3 Å². The number of aliphatic hydroxyl groups is 1. The highest BCUT2D eigenvalue weighted by molar-refractivity contribution is 6.40. The Morgan fingerprint density at radius 1 is 1.07 bits per heavy atom. The lowest BCUT2D eigenvalue weighted by atomic mass is 9.83. The maximum atomic E-state index is 12.9. The van der Waals surface area contributed by atoms with Gasteiger partial charge in [-0.15, -0.1) is 0 Å². The van der Waals surface area contributed by atoms with Gasteiger partial charge in [-0.3, -0.25) is 4.79 Å². The van der Waals surface area contributed by atoms with Crippen LogP contribution in [0.3, 0.4) is 0 Å². The van der Waals surface area contributed by atoms with Crippen LogP contribution in [0.5, 0.6) is 0 Å². The van der Waals surface area contributed by atoms with Gasteiger partial charge in [0.2, 0.25) is 0 Å². The van der Waals surface area contributed by atoms with Gasteiger partial charge in [-0.1, -0.05) is 37.3 Å². The van der Waals surface area contributed by atoms with Crippen LogP contribution < -0.4 is 5.32 Å². The van der Waals surface area contributed by atoms with Crippen LogP contribution in [-0.4, -0.2) is 42.1 Å². The molecule has 30 heavy (non-hydrogen) atoms. The highest BCUT2D eigenvalue weighted by Gasteiger charge is 2.30. The number of ketones is 1. The van der Waals surface area contributed by atoms with Crippen molar-refractivity contribution in [2.45, 2.75) is 33.2 Å². The van der Waals surface area contributed by atoms with Crippen LogP contribution in [0.2, 0.25) is 0 Å². The van der Waals surface area contributed by atoms with Gasteiger partial charge < -0.3 is 19.9 Å². The lowest BCUT2D eigenvalue weighted by Crippen LogP contribution is -2.36. The SMILES string of the molecule is CCOC(=O)C(=O)C(Cc1ccccc1)=C1C=CNC(C=C(O)C(=O)OCC)C1C. The van der Waals surface area contributed by atoms with Crippen LogP contribution >= 0.6 is 0 Å². The summed E-state index contributed by atoms with van der Waals surface area (Å²) in [6, 6.07) is 8.86. The molecule has 160 valence electrons. The van der Waals surface area contributed by atoms with Gasteiger partial charge in [-0.25, -0.2) is 9.59 Å². The van der Waals surface area contributed by atoms with E-state index in [1.54, 1.807) is 26.1 Å². The number of esters is 2. The van der Waals surface area contributed by atoms with Crippen LogP contribution in [0.25, 0.3) is 0 Å². The van der Waals surface area contributed by atoms with E-state index < -0.39 is 29.5 Å². The average molecular weight is 413 g/mol. The Labute approximate surface area is 176 Å². The predicted octanol–water partition coefficient (Wildman–Crippen LogP) is 2.78. The summed E-state index contributed by atoms with van der Waals surface area (Å²) in [4.78, 5) is 36.8. The zero-order valence-corrected chi connectivity index (χ0v) is 17.4. The van der Waals surface area contributed by atoms with Crippen molar-refractivity contribution in [1.29, 1.82) is 0 Å². The fourth-order valence-corrected chi connectivity index (χ4v) is 3.18. The van der Waals surface area contributed by atoms with Crippen LogP contribution in [-0.2, 0) is 30.3 Å². The Bertz CT molecular complexity index is 869. The molecule has 0 fully saturated rings. The summed E-state index contributed by atoms with van der Waals surface area (Å²) in [6.45, 7) is 5.37. The van der Waals surface area contributed by atoms with Crippen molar-refractivity contribution >= 4 is 17.7 Å². The standard InChI is InChI=1S/C23H27NO6/c1-4-29-22(27)20(25)14-19-15(3)17(11-12-24-19)18(21(26)23(28)30-5-2)13-16-9-7-6-8-10-16/h6-12,14-15,19,24-25H,4-5,13H2,1-3H3. The van der Waals surface area contributed by atoms with E-state index in [1.807, 2.05) is 37.3 Å². The molecule has 2 N–H and O–H groups in total. The average Bonchev–Trinajstić information content (AvgIpc) is 2.74. The minimum atomic E-state index is -0.906. The van der Waals surface area contributed by atoms with Crippen molar-refractivity contribution in [3.05, 3.63) is 71.2 Å². The van der Waals surface area contributed by atoms with Gasteiger partial charge >= 0.3 is 11.9 Å². The van der Waals surface area contributed by atoms with Crippen molar-refractivity contribution in [3.63, 3.8) is 0 Å². The van der Waals surface area contributed by atoms with Crippen molar-refractivity contribution in [3.8, 4) is 0 Å². The van der Waals surface area contributed by atoms with Crippen molar-refractivity contribution in [1.82, 2.24) is 5.32 Å². The highest BCUT2D eigenvalue weighted by Crippen LogP contribution is 2.28. The molecule has 0 saturated carbocycles. The molecule has 1 aliphatic rings. The van der Waals surface area contributed by atoms with Gasteiger partial charge in [0.25, 0.3) is 5.78 Å². The number of carbonyl (C=O) groups is 3. The summed E-state index contributed by atoms with van der Waals surface area (Å²) in [7, 11) is 0. The summed E-state index contributed by atoms with van der Waals surface area (Å²) in [5.74, 6) is -3.26. The maximum absolute atomic E-state index is 12.9. The molecule has 1 aromatic carbocycles. The quantitative estimate of drug-likeness (QED) is 0.292. The Morgan fingerprint density at radius 3 is 2.33 bits per heavy atom. The molecule has 1 aromatic rings. The fourth-order valence-electron chi connectivity index (χ4n) is 3.18. The second kappa shape index (κ2) is 11.0. The number of aliphatic hydroxyl groups excluding tert-OH is 1. The van der Waals surface area contributed by atoms with Gasteiger partial charge in [0, 0.05) is 17.9 Å². The summed E-state index contributed by atoms with van der Waals surface area (Å²) in [5.41, 5.74) is 1.82. The number of nitrogens with one attached hydrogen (secondary N) is 1. The van der Waals surface area contributed by atoms with E-state index in [-0.39, 0.29) is 25.6 Å². The van der Waals surface area contributed by atoms with E-state index in [9.17, 15) is 19.5 Å². The fraction of sp³-hybridized carbons (Fsp3) is 0.348. The Morgan fingerprint density at radius 2 is 1.70 bits per heavy atom. The number of ether oxygens (including phenoxy) is 2. The van der Waals surface area contributed by atoms with E-state index in [1.165, 1.54) is 6.08 Å². The molecule has 1 heterocycles. The Balaban J connectivity index is 2.43. The monoisotopic (exact) mass is 413 g/mol. The minimum Gasteiger partial charge on any atom is -0.502 e. The molecule has 7 nitrogen and oxygen atoms in total. The Kier molecular flexibility index (Phi) is 8.41.